The van der Waals surface area contributed by atoms with E-state index in [2.05, 4.69) is 461 Å². The van der Waals surface area contributed by atoms with E-state index in [4.69, 9.17) is 13.6 Å². The van der Waals surface area contributed by atoms with Crippen molar-refractivity contribution < 1.29 is 54.7 Å². The van der Waals surface area contributed by atoms with Crippen molar-refractivity contribution in [2.75, 3.05) is 20.2 Å². The normalized spacial score (nSPS) is 12.1. The van der Waals surface area contributed by atoms with Crippen LogP contribution < -0.4 is 36.5 Å². The van der Waals surface area contributed by atoms with Gasteiger partial charge in [0.05, 0.1) is 33.4 Å². The Morgan fingerprint density at radius 3 is 1.21 bits per heavy atom. The average Bonchev–Trinajstić information content (AvgIpc) is 1.65. The molecule has 0 unspecified atom stereocenters. The highest BCUT2D eigenvalue weighted by Crippen LogP contribution is 2.41. The molecule has 0 spiro atoms. The second-order valence-corrected chi connectivity index (χ2v) is 43.5. The molecule has 0 N–H and O–H groups in total. The van der Waals surface area contributed by atoms with Crippen molar-refractivity contribution in [3.8, 4) is 64.5 Å². The molecule has 0 saturated carbocycles. The van der Waals surface area contributed by atoms with Crippen molar-refractivity contribution >= 4 is 170 Å². The van der Waals surface area contributed by atoms with Gasteiger partial charge in [0, 0.05) is 72.3 Å². The number of aryl methyl sites for hydroxylation is 15. The highest BCUT2D eigenvalue weighted by molar-refractivity contribution is 7.25. The molecule has 24 aromatic rings. The minimum absolute atomic E-state index is 0.806. The number of aromatic nitrogens is 8. The number of thiophene rings is 1. The molecule has 0 fully saturated rings. The summed E-state index contributed by atoms with van der Waals surface area (Å²) in [7, 11) is 18.9. The summed E-state index contributed by atoms with van der Waals surface area (Å²) in [5, 5.41) is 15.2. The van der Waals surface area contributed by atoms with Crippen molar-refractivity contribution in [2.45, 2.75) is 88.0 Å². The van der Waals surface area contributed by atoms with Crippen LogP contribution in [0.5, 0.6) is 0 Å². The standard InChI is InChI=1S/C19H16NO.2C19H16NS.C15H14NO.C15H14NS.C13H12NS2.C13H18N.C11H14NO.C9H12N/c1-13-11-12-14-7-3-4-8-15(14)18(13)19-20(2)16-9-5-6-10-17(16)21-19;1-13-11-14-7-3-4-8-15(14)12-16(13)19-20(2)17-9-5-6-10-18(17)21-19;1-13-11-12-14-7-3-4-8-15(14)18(13)19-20(2)16-9-5-6-10-17(16)21-19;2*1-11-7-3-4-8-12(11)15-16(2)13-9-5-6-10-14(13)17-15;1-9-7-8-15-12(9)13-14(2)10-5-3-4-6-11(10)16-13;1-11-7-3-4-8-12(11)13-9-5-6-10-14(13)2;1-9-5-3-4-6-10(9)11-12(2)7-8-13-11;1-3-6-9-7-4-5-8-10(9)2/h3*3-12H,1-2H3;2*3-10H,1-2H3;3-8H,1-2H3;5-6,9-10H,3-4,7-8H2,1-2H3;3-6H,7-8H2,1-2H3;3-8H,1-2H3/q9*+1/b;;;;;;;;6-3-. The number of allylic oxidation sites excluding steroid dienone is 3. The first-order valence-electron chi connectivity index (χ1n) is 51.4. The van der Waals surface area contributed by atoms with Crippen LogP contribution in [0, 0.1) is 48.5 Å². The van der Waals surface area contributed by atoms with Crippen LogP contribution in [-0.2, 0) is 61.1 Å². The molecule has 748 valence electrons. The number of para-hydroxylation sites is 8. The highest BCUT2D eigenvalue weighted by Gasteiger charge is 2.31. The molecule has 9 aromatic heterocycles. The Bertz CT molecular complexity index is 8800. The molecule has 2 aliphatic rings. The van der Waals surface area contributed by atoms with Gasteiger partial charge in [-0.25, -0.2) is 9.13 Å². The molecule has 1 aliphatic heterocycles. The average molecular weight is 2060 g/mol. The molecular formula is C133H132N9O3S5+9. The first-order chi connectivity index (χ1) is 73.0. The number of fused-ring (bicyclic) bond motifs is 9. The van der Waals surface area contributed by atoms with Crippen molar-refractivity contribution in [3.05, 3.63) is 455 Å². The lowest BCUT2D eigenvalue weighted by Gasteiger charge is -2.15. The summed E-state index contributed by atoms with van der Waals surface area (Å²) in [5.74, 6) is 2.83. The van der Waals surface area contributed by atoms with E-state index in [0.717, 1.165) is 58.6 Å². The zero-order chi connectivity index (χ0) is 105. The number of hydrogen-bond acceptors (Lipinski definition) is 8. The van der Waals surface area contributed by atoms with Crippen LogP contribution in [0.2, 0.25) is 0 Å². The number of ether oxygens (including phenoxy) is 1. The van der Waals surface area contributed by atoms with Crippen LogP contribution in [0.15, 0.2) is 408 Å². The van der Waals surface area contributed by atoms with Gasteiger partial charge in [0.1, 0.15) is 87.1 Å². The lowest BCUT2D eigenvalue weighted by molar-refractivity contribution is -0.674. The summed E-state index contributed by atoms with van der Waals surface area (Å²) >= 11 is 9.28. The van der Waals surface area contributed by atoms with Gasteiger partial charge in [0.25, 0.3) is 31.1 Å². The first kappa shape index (κ1) is 104. The Kier molecular flexibility index (Phi) is 33.6. The lowest BCUT2D eigenvalue weighted by Crippen LogP contribution is -2.32. The predicted molar refractivity (Wildman–Crippen MR) is 632 cm³/mol. The molecule has 0 saturated heterocycles. The Hall–Kier alpha value is -15.5. The summed E-state index contributed by atoms with van der Waals surface area (Å²) in [4.78, 5) is 1.39. The van der Waals surface area contributed by atoms with Gasteiger partial charge in [0.15, 0.2) is 25.5 Å². The number of oxazole rings is 2. The summed E-state index contributed by atoms with van der Waals surface area (Å²) < 4.78 is 42.9. The van der Waals surface area contributed by atoms with Crippen molar-refractivity contribution in [1.29, 1.82) is 0 Å². The molecule has 0 atom stereocenters. The van der Waals surface area contributed by atoms with Crippen molar-refractivity contribution in [1.82, 2.24) is 0 Å². The van der Waals surface area contributed by atoms with Crippen molar-refractivity contribution in [2.24, 2.45) is 56.4 Å². The number of hydrogen-bond donors (Lipinski definition) is 0. The molecule has 17 heteroatoms. The van der Waals surface area contributed by atoms with Gasteiger partial charge in [-0.05, 0) is 244 Å². The Morgan fingerprint density at radius 2 is 0.713 bits per heavy atom. The fraction of sp³-hybridized carbons (Fsp3) is 0.180. The third-order valence-electron chi connectivity index (χ3n) is 28.2. The van der Waals surface area contributed by atoms with Gasteiger partial charge in [-0.1, -0.05) is 288 Å². The Morgan fingerprint density at radius 1 is 0.300 bits per heavy atom. The maximum absolute atomic E-state index is 6.14. The number of likely N-dealkylation sites (N-methyl/N-ethyl adjacent to an activating group) is 1. The van der Waals surface area contributed by atoms with Crippen LogP contribution in [0.4, 0.5) is 0 Å². The maximum Gasteiger partial charge on any atom is 0.382 e. The molecule has 15 aromatic carbocycles. The minimum atomic E-state index is 0.806. The molecule has 0 bridgehead atoms. The zero-order valence-electron chi connectivity index (χ0n) is 89.1. The fourth-order valence-corrected chi connectivity index (χ4v) is 25.9. The van der Waals surface area contributed by atoms with E-state index in [1.54, 1.807) is 11.1 Å². The summed E-state index contributed by atoms with van der Waals surface area (Å²) in [5.41, 5.74) is 31.7. The smallest absolute Gasteiger partial charge is 0.382 e. The van der Waals surface area contributed by atoms with E-state index in [1.165, 1.54) is 202 Å². The first-order valence-corrected chi connectivity index (χ1v) is 55.5. The number of rotatable bonds is 9. The monoisotopic (exact) mass is 2060 g/mol. The van der Waals surface area contributed by atoms with Gasteiger partial charge >= 0.3 is 17.7 Å². The molecule has 150 heavy (non-hydrogen) atoms. The molecule has 1 aliphatic carbocycles. The zero-order valence-corrected chi connectivity index (χ0v) is 93.2. The van der Waals surface area contributed by atoms with Gasteiger partial charge < -0.3 is 13.6 Å². The fourth-order valence-electron chi connectivity index (χ4n) is 19.8. The number of nitrogens with zero attached hydrogens (tertiary/aromatic N) is 9. The number of benzene rings is 15. The molecule has 0 amide bonds. The van der Waals surface area contributed by atoms with E-state index in [0.29, 0.717) is 0 Å². The van der Waals surface area contributed by atoms with Crippen LogP contribution in [-0.4, -0.2) is 30.7 Å². The van der Waals surface area contributed by atoms with E-state index < -0.39 is 0 Å². The number of thiazole rings is 4. The SMILES string of the molecule is C/C=C\c1cccc[n+]1C.CC1=C(c2cccc[n+]2C)CCCC1.Cc1cc2ccccc2cc1-c1sc2ccccc2[n+]1C.Cc1ccc2ccccc2c1-c1oc2ccccc2[n+]1C.Cc1ccc2ccccc2c1-c1sc2ccccc2[n+]1C.Cc1ccccc1-c1oc2ccccc2[n+]1C.Cc1ccccc1-c1sc2ccccc2[n+]1C.Cc1ccccc1C1=[N+](C)CCO1.Cc1ccsc1-c1sc2ccccc2[n+]1C. The van der Waals surface area contributed by atoms with Gasteiger partial charge in [0.2, 0.25) is 44.6 Å². The Balaban J connectivity index is 0.000000111. The van der Waals surface area contributed by atoms with E-state index in [1.807, 2.05) is 163 Å². The lowest BCUT2D eigenvalue weighted by atomic mass is 9.90. The third-order valence-corrected chi connectivity index (χ3v) is 34.3. The van der Waals surface area contributed by atoms with Crippen LogP contribution >= 0.6 is 56.7 Å². The third kappa shape index (κ3) is 23.2. The van der Waals surface area contributed by atoms with Crippen LogP contribution in [0.25, 0.3) is 172 Å². The van der Waals surface area contributed by atoms with Gasteiger partial charge in [-0.2, -0.15) is 32.0 Å². The van der Waals surface area contributed by atoms with Crippen LogP contribution in [0.3, 0.4) is 0 Å². The largest absolute Gasteiger partial charge is 0.438 e. The summed E-state index contributed by atoms with van der Waals surface area (Å²) in [6.07, 6.45) is 13.5. The highest BCUT2D eigenvalue weighted by atomic mass is 32.1. The Labute approximate surface area is 901 Å². The topological polar surface area (TPSA) is 69.6 Å². The number of pyridine rings is 2. The minimum Gasteiger partial charge on any atom is -0.438 e. The molecule has 10 heterocycles. The second kappa shape index (κ2) is 48.2. The molecular weight excluding hydrogens is 1930 g/mol. The van der Waals surface area contributed by atoms with E-state index >= 15 is 0 Å². The van der Waals surface area contributed by atoms with Gasteiger partial charge in [-0.15, -0.1) is 11.3 Å². The quantitative estimate of drug-likeness (QED) is 0.135. The predicted octanol–water partition coefficient (Wildman–Crippen LogP) is 30.6. The molecule has 0 radical (unpaired) electrons. The van der Waals surface area contributed by atoms with Crippen LogP contribution in [0.1, 0.15) is 95.4 Å². The van der Waals surface area contributed by atoms with Gasteiger partial charge in [-0.3, -0.25) is 0 Å². The second-order valence-electron chi connectivity index (χ2n) is 38.4. The maximum atomic E-state index is 6.14. The molecule has 12 nitrogen and oxygen atoms in total. The van der Waals surface area contributed by atoms with Crippen molar-refractivity contribution in [3.63, 3.8) is 0 Å². The van der Waals surface area contributed by atoms with E-state index in [9.17, 15) is 0 Å². The summed E-state index contributed by atoms with van der Waals surface area (Å²) in [6, 6.07) is 129. The summed E-state index contributed by atoms with van der Waals surface area (Å²) in [6.45, 7) is 21.2. The van der Waals surface area contributed by atoms with E-state index in [-0.39, 0.29) is 0 Å². The molecule has 26 rings (SSSR count).